The lowest BCUT2D eigenvalue weighted by Gasteiger charge is -1.83. The van der Waals surface area contributed by atoms with Crippen molar-refractivity contribution in [3.8, 4) is 0 Å². The summed E-state index contributed by atoms with van der Waals surface area (Å²) >= 11 is 0. The Kier molecular flexibility index (Phi) is 4.06. The Bertz CT molecular complexity index is 214. The maximum Gasteiger partial charge on any atom is 0.285 e. The molecule has 0 spiro atoms. The Morgan fingerprint density at radius 2 is 1.70 bits per heavy atom. The van der Waals surface area contributed by atoms with Crippen LogP contribution < -0.4 is 0 Å². The standard InChI is InChI=1S/C5H13NO2PS/c1-4-9(5-2)6-10(3,7)8/h4-5H2,1-3H3/q+1. The van der Waals surface area contributed by atoms with Gasteiger partial charge in [-0.3, -0.25) is 0 Å². The summed E-state index contributed by atoms with van der Waals surface area (Å²) in [6, 6.07) is 0. The molecule has 0 saturated carbocycles. The number of hydrogen-bond donors (Lipinski definition) is 0. The molecule has 0 amide bonds. The second-order valence-corrected chi connectivity index (χ2v) is 6.35. The van der Waals surface area contributed by atoms with Crippen LogP contribution in [0.1, 0.15) is 13.8 Å². The third-order valence-corrected chi connectivity index (χ3v) is 4.56. The van der Waals surface area contributed by atoms with Gasteiger partial charge in [0.1, 0.15) is 12.3 Å². The second-order valence-electron chi connectivity index (χ2n) is 1.95. The van der Waals surface area contributed by atoms with E-state index in [1.54, 1.807) is 0 Å². The molecular formula is C5H13NO2PS+. The lowest BCUT2D eigenvalue weighted by molar-refractivity contribution is 0.604. The van der Waals surface area contributed by atoms with Crippen molar-refractivity contribution >= 4 is 17.7 Å². The zero-order valence-corrected chi connectivity index (χ0v) is 8.24. The van der Waals surface area contributed by atoms with Crippen molar-refractivity contribution in [3.05, 3.63) is 0 Å². The van der Waals surface area contributed by atoms with Gasteiger partial charge in [0.2, 0.25) is 7.71 Å². The van der Waals surface area contributed by atoms with Crippen LogP contribution in [0.4, 0.5) is 0 Å². The summed E-state index contributed by atoms with van der Waals surface area (Å²) in [6.07, 6.45) is 2.87. The van der Waals surface area contributed by atoms with Crippen molar-refractivity contribution in [2.45, 2.75) is 13.8 Å². The third kappa shape index (κ3) is 4.89. The van der Waals surface area contributed by atoms with E-state index in [0.29, 0.717) is 0 Å². The predicted molar refractivity (Wildman–Crippen MR) is 45.3 cm³/mol. The normalized spacial score (nSPS) is 11.1. The summed E-state index contributed by atoms with van der Waals surface area (Å²) in [5, 5.41) is 0. The minimum Gasteiger partial charge on any atom is -0.202 e. The SMILES string of the molecule is CC[P+](CC)=NS(C)(=O)=O. The van der Waals surface area contributed by atoms with Crippen LogP contribution in [0, 0.1) is 0 Å². The molecule has 0 unspecified atom stereocenters. The van der Waals surface area contributed by atoms with Crippen LogP contribution in [0.15, 0.2) is 4.15 Å². The first-order chi connectivity index (χ1) is 4.49. The van der Waals surface area contributed by atoms with E-state index in [1.165, 1.54) is 0 Å². The summed E-state index contributed by atoms with van der Waals surface area (Å²) in [4.78, 5) is 0. The van der Waals surface area contributed by atoms with Gasteiger partial charge in [-0.05, 0) is 13.8 Å². The predicted octanol–water partition coefficient (Wildman–Crippen LogP) is 1.65. The number of nitrogens with zero attached hydrogens (tertiary/aromatic N) is 1. The van der Waals surface area contributed by atoms with Crippen molar-refractivity contribution in [1.82, 2.24) is 0 Å². The molecule has 5 heteroatoms. The molecule has 0 rings (SSSR count). The van der Waals surface area contributed by atoms with Gasteiger partial charge >= 0.3 is 0 Å². The zero-order chi connectivity index (χ0) is 8.20. The van der Waals surface area contributed by atoms with Crippen molar-refractivity contribution in [2.75, 3.05) is 18.6 Å². The molecule has 0 bridgehead atoms. The van der Waals surface area contributed by atoms with Crippen LogP contribution in [0.2, 0.25) is 0 Å². The van der Waals surface area contributed by atoms with E-state index in [0.717, 1.165) is 18.6 Å². The molecule has 0 N–H and O–H groups in total. The van der Waals surface area contributed by atoms with E-state index < -0.39 is 17.7 Å². The Morgan fingerprint density at radius 1 is 1.30 bits per heavy atom. The lowest BCUT2D eigenvalue weighted by atomic mass is 11.0. The summed E-state index contributed by atoms with van der Waals surface area (Å²) in [5.41, 5.74) is 0. The highest BCUT2D eigenvalue weighted by molar-refractivity contribution is 7.92. The van der Waals surface area contributed by atoms with Gasteiger partial charge in [-0.25, -0.2) is 8.42 Å². The largest absolute Gasteiger partial charge is 0.285 e. The zero-order valence-electron chi connectivity index (χ0n) is 6.53. The van der Waals surface area contributed by atoms with Crippen molar-refractivity contribution < 1.29 is 8.42 Å². The molecule has 0 aromatic rings. The fourth-order valence-corrected chi connectivity index (χ4v) is 3.60. The Labute approximate surface area is 63.4 Å². The van der Waals surface area contributed by atoms with E-state index >= 15 is 0 Å². The van der Waals surface area contributed by atoms with Crippen molar-refractivity contribution in [1.29, 1.82) is 0 Å². The van der Waals surface area contributed by atoms with Crippen LogP contribution >= 0.6 is 7.71 Å². The first-order valence-electron chi connectivity index (χ1n) is 3.17. The molecule has 0 fully saturated rings. The van der Waals surface area contributed by atoms with Gasteiger partial charge < -0.3 is 0 Å². The number of rotatable bonds is 3. The minimum absolute atomic E-state index is 0.607. The maximum absolute atomic E-state index is 10.6. The van der Waals surface area contributed by atoms with Crippen LogP contribution in [0.25, 0.3) is 0 Å². The Hall–Kier alpha value is 0.0500. The number of hydrogen-bond acceptors (Lipinski definition) is 2. The third-order valence-electron chi connectivity index (χ3n) is 0.994. The molecule has 0 radical (unpaired) electrons. The quantitative estimate of drug-likeness (QED) is 0.623. The topological polar surface area (TPSA) is 46.5 Å². The molecule has 0 aliphatic heterocycles. The molecule has 10 heavy (non-hydrogen) atoms. The van der Waals surface area contributed by atoms with Gasteiger partial charge in [0.05, 0.1) is 6.26 Å². The average Bonchev–Trinajstić information content (AvgIpc) is 1.81. The monoisotopic (exact) mass is 182 g/mol. The molecular weight excluding hydrogens is 169 g/mol. The molecule has 0 aliphatic rings. The van der Waals surface area contributed by atoms with Gasteiger partial charge in [-0.15, -0.1) is 0 Å². The minimum atomic E-state index is -3.09. The summed E-state index contributed by atoms with van der Waals surface area (Å²) in [7, 11) is -3.70. The fraction of sp³-hybridized carbons (Fsp3) is 1.00. The molecule has 3 nitrogen and oxygen atoms in total. The highest BCUT2D eigenvalue weighted by Gasteiger charge is 2.10. The van der Waals surface area contributed by atoms with Crippen LogP contribution in [0.3, 0.4) is 0 Å². The van der Waals surface area contributed by atoms with Crippen LogP contribution in [-0.4, -0.2) is 27.0 Å². The van der Waals surface area contributed by atoms with Crippen LogP contribution in [-0.2, 0) is 10.0 Å². The summed E-state index contributed by atoms with van der Waals surface area (Å²) in [5.74, 6) is 0. The van der Waals surface area contributed by atoms with E-state index in [9.17, 15) is 8.42 Å². The summed E-state index contributed by atoms with van der Waals surface area (Å²) in [6.45, 7) is 3.92. The highest BCUT2D eigenvalue weighted by Crippen LogP contribution is 2.25. The van der Waals surface area contributed by atoms with Gasteiger partial charge in [-0.2, -0.15) is 0 Å². The molecule has 0 aromatic carbocycles. The van der Waals surface area contributed by atoms with Crippen LogP contribution in [0.5, 0.6) is 0 Å². The lowest BCUT2D eigenvalue weighted by Crippen LogP contribution is -1.88. The molecule has 0 atom stereocenters. The number of sulfonamides is 1. The van der Waals surface area contributed by atoms with Gasteiger partial charge in [-0.1, -0.05) is 0 Å². The van der Waals surface area contributed by atoms with E-state index in [-0.39, 0.29) is 0 Å². The smallest absolute Gasteiger partial charge is 0.202 e. The highest BCUT2D eigenvalue weighted by atomic mass is 32.2. The molecule has 0 saturated heterocycles. The van der Waals surface area contributed by atoms with E-state index in [4.69, 9.17) is 0 Å². The van der Waals surface area contributed by atoms with E-state index in [2.05, 4.69) is 4.15 Å². The first kappa shape index (κ1) is 10.0. The molecule has 0 aromatic heterocycles. The fourth-order valence-electron chi connectivity index (χ4n) is 0.549. The van der Waals surface area contributed by atoms with Gasteiger partial charge in [0.25, 0.3) is 10.0 Å². The van der Waals surface area contributed by atoms with Crippen molar-refractivity contribution in [2.24, 2.45) is 4.15 Å². The second kappa shape index (κ2) is 4.04. The first-order valence-corrected chi connectivity index (χ1v) is 6.68. The van der Waals surface area contributed by atoms with Gasteiger partial charge in [0.15, 0.2) is 0 Å². The Balaban J connectivity index is 4.42. The molecule has 60 valence electrons. The average molecular weight is 182 g/mol. The van der Waals surface area contributed by atoms with Crippen molar-refractivity contribution in [3.63, 3.8) is 0 Å². The maximum atomic E-state index is 10.6. The van der Waals surface area contributed by atoms with E-state index in [1.807, 2.05) is 13.8 Å². The van der Waals surface area contributed by atoms with Gasteiger partial charge in [0, 0.05) is 4.15 Å². The summed E-state index contributed by atoms with van der Waals surface area (Å²) < 4.78 is 24.9. The Morgan fingerprint density at radius 3 is 1.80 bits per heavy atom. The molecule has 0 aliphatic carbocycles. The molecule has 0 heterocycles.